The van der Waals surface area contributed by atoms with Crippen molar-refractivity contribution in [2.75, 3.05) is 0 Å². The van der Waals surface area contributed by atoms with Crippen molar-refractivity contribution >= 4 is 22.8 Å². The van der Waals surface area contributed by atoms with Gasteiger partial charge in [-0.1, -0.05) is 53.7 Å². The normalized spacial score (nSPS) is 11.0. The van der Waals surface area contributed by atoms with Gasteiger partial charge in [0.15, 0.2) is 0 Å². The molecule has 0 saturated heterocycles. The number of aromatic nitrogens is 1. The van der Waals surface area contributed by atoms with Crippen molar-refractivity contribution in [3.63, 3.8) is 0 Å². The highest BCUT2D eigenvalue weighted by Gasteiger charge is 2.14. The summed E-state index contributed by atoms with van der Waals surface area (Å²) in [4.78, 5) is 15.9. The first-order valence-electron chi connectivity index (χ1n) is 10.0. The first kappa shape index (κ1) is 20.8. The Kier molecular flexibility index (Phi) is 5.95. The van der Waals surface area contributed by atoms with Gasteiger partial charge in [-0.05, 0) is 30.2 Å². The molecule has 0 aliphatic rings. The quantitative estimate of drug-likeness (QED) is 0.228. The molecule has 0 unspecified atom stereocenters. The molecule has 0 amide bonds. The van der Waals surface area contributed by atoms with Gasteiger partial charge in [-0.2, -0.15) is 5.26 Å². The number of nitrogens with zero attached hydrogens (tertiary/aromatic N) is 4. The Labute approximate surface area is 184 Å². The molecular weight excluding hydrogens is 404 g/mol. The summed E-state index contributed by atoms with van der Waals surface area (Å²) in [5.74, 6) is 0. The van der Waals surface area contributed by atoms with Gasteiger partial charge in [-0.3, -0.25) is 10.1 Å². The van der Waals surface area contributed by atoms with E-state index in [1.807, 2.05) is 55.5 Å². The van der Waals surface area contributed by atoms with Gasteiger partial charge in [0.2, 0.25) is 0 Å². The second-order valence-electron chi connectivity index (χ2n) is 7.31. The van der Waals surface area contributed by atoms with Crippen LogP contribution in [-0.2, 0) is 18.0 Å². The fourth-order valence-corrected chi connectivity index (χ4v) is 3.72. The van der Waals surface area contributed by atoms with Gasteiger partial charge < -0.3 is 9.40 Å². The molecule has 0 bridgehead atoms. The zero-order chi connectivity index (χ0) is 22.5. The van der Waals surface area contributed by atoms with Crippen molar-refractivity contribution in [1.29, 1.82) is 5.26 Å². The summed E-state index contributed by atoms with van der Waals surface area (Å²) in [6.45, 7) is 2.71. The third-order valence-corrected chi connectivity index (χ3v) is 5.35. The van der Waals surface area contributed by atoms with Crippen LogP contribution in [0.5, 0.6) is 0 Å². The number of hydrogen-bond acceptors (Lipinski definition) is 5. The predicted octanol–water partition coefficient (Wildman–Crippen LogP) is 5.33. The SMILES string of the molecule is Cc1c(/C=N\OCc2cccc([N+](=O)[O-])c2)c2ccccc2n1Cc1ccccc1C#N. The highest BCUT2D eigenvalue weighted by atomic mass is 16.6. The molecule has 1 aromatic heterocycles. The van der Waals surface area contributed by atoms with Crippen LogP contribution in [0, 0.1) is 28.4 Å². The lowest BCUT2D eigenvalue weighted by Crippen LogP contribution is -2.04. The molecule has 3 aromatic carbocycles. The summed E-state index contributed by atoms with van der Waals surface area (Å²) < 4.78 is 2.16. The fourth-order valence-electron chi connectivity index (χ4n) is 3.72. The maximum atomic E-state index is 10.9. The average molecular weight is 424 g/mol. The number of rotatable bonds is 7. The molecule has 0 saturated carbocycles. The molecule has 4 rings (SSSR count). The van der Waals surface area contributed by atoms with Crippen LogP contribution in [0.25, 0.3) is 10.9 Å². The number of nitro benzene ring substituents is 1. The smallest absolute Gasteiger partial charge is 0.269 e. The molecule has 0 atom stereocenters. The average Bonchev–Trinajstić information content (AvgIpc) is 3.08. The summed E-state index contributed by atoms with van der Waals surface area (Å²) >= 11 is 0. The Morgan fingerprint density at radius 2 is 1.91 bits per heavy atom. The Bertz CT molecular complexity index is 1370. The van der Waals surface area contributed by atoms with E-state index < -0.39 is 4.92 Å². The number of para-hydroxylation sites is 1. The van der Waals surface area contributed by atoms with Crippen LogP contribution >= 0.6 is 0 Å². The van der Waals surface area contributed by atoms with Crippen molar-refractivity contribution in [2.24, 2.45) is 5.16 Å². The van der Waals surface area contributed by atoms with E-state index in [1.54, 1.807) is 18.3 Å². The molecule has 0 aliphatic heterocycles. The lowest BCUT2D eigenvalue weighted by atomic mass is 10.1. The number of nitro groups is 1. The summed E-state index contributed by atoms with van der Waals surface area (Å²) in [7, 11) is 0. The molecule has 0 fully saturated rings. The van der Waals surface area contributed by atoms with Gasteiger partial charge in [0, 0.05) is 40.8 Å². The van der Waals surface area contributed by atoms with Crippen molar-refractivity contribution < 1.29 is 9.76 Å². The van der Waals surface area contributed by atoms with Crippen LogP contribution in [0.2, 0.25) is 0 Å². The monoisotopic (exact) mass is 424 g/mol. The molecule has 4 aromatic rings. The van der Waals surface area contributed by atoms with E-state index in [9.17, 15) is 15.4 Å². The number of non-ortho nitro benzene ring substituents is 1. The van der Waals surface area contributed by atoms with Crippen LogP contribution in [-0.4, -0.2) is 15.7 Å². The van der Waals surface area contributed by atoms with Gasteiger partial charge >= 0.3 is 0 Å². The second kappa shape index (κ2) is 9.14. The topological polar surface area (TPSA) is 93.4 Å². The van der Waals surface area contributed by atoms with Gasteiger partial charge in [-0.25, -0.2) is 0 Å². The summed E-state index contributed by atoms with van der Waals surface area (Å²) in [6, 6.07) is 24.1. The van der Waals surface area contributed by atoms with Crippen LogP contribution in [0.15, 0.2) is 78.0 Å². The lowest BCUT2D eigenvalue weighted by molar-refractivity contribution is -0.384. The fraction of sp³-hybridized carbons (Fsp3) is 0.120. The second-order valence-corrected chi connectivity index (χ2v) is 7.31. The van der Waals surface area contributed by atoms with Crippen LogP contribution < -0.4 is 0 Å². The van der Waals surface area contributed by atoms with E-state index >= 15 is 0 Å². The molecular formula is C25H20N4O3. The Morgan fingerprint density at radius 3 is 2.72 bits per heavy atom. The minimum Gasteiger partial charge on any atom is -0.391 e. The number of benzene rings is 3. The van der Waals surface area contributed by atoms with Crippen LogP contribution in [0.4, 0.5) is 5.69 Å². The van der Waals surface area contributed by atoms with Crippen molar-refractivity contribution in [3.05, 3.63) is 111 Å². The molecule has 0 N–H and O–H groups in total. The summed E-state index contributed by atoms with van der Waals surface area (Å²) in [6.07, 6.45) is 1.67. The zero-order valence-corrected chi connectivity index (χ0v) is 17.4. The predicted molar refractivity (Wildman–Crippen MR) is 122 cm³/mol. The third-order valence-electron chi connectivity index (χ3n) is 5.35. The number of hydrogen-bond donors (Lipinski definition) is 0. The largest absolute Gasteiger partial charge is 0.391 e. The van der Waals surface area contributed by atoms with E-state index in [1.165, 1.54) is 12.1 Å². The van der Waals surface area contributed by atoms with Gasteiger partial charge in [-0.15, -0.1) is 0 Å². The molecule has 7 heteroatoms. The third kappa shape index (κ3) is 4.20. The molecule has 0 spiro atoms. The Morgan fingerprint density at radius 1 is 1.12 bits per heavy atom. The van der Waals surface area contributed by atoms with E-state index in [0.29, 0.717) is 17.7 Å². The van der Waals surface area contributed by atoms with E-state index in [4.69, 9.17) is 4.84 Å². The minimum absolute atomic E-state index is 0.0200. The van der Waals surface area contributed by atoms with Crippen molar-refractivity contribution in [3.8, 4) is 6.07 Å². The molecule has 1 heterocycles. The maximum Gasteiger partial charge on any atom is 0.269 e. The van der Waals surface area contributed by atoms with Gasteiger partial charge in [0.05, 0.1) is 22.8 Å². The molecule has 0 aliphatic carbocycles. The Balaban J connectivity index is 1.59. The summed E-state index contributed by atoms with van der Waals surface area (Å²) in [5.41, 5.74) is 5.26. The first-order valence-corrected chi connectivity index (χ1v) is 10.0. The lowest BCUT2D eigenvalue weighted by Gasteiger charge is -2.10. The Hall–Kier alpha value is -4.44. The molecule has 0 radical (unpaired) electrons. The standard InChI is InChI=1S/C25H20N4O3/c1-18-24(15-27-32-17-19-7-6-10-22(13-19)29(30)31)23-11-4-5-12-25(23)28(18)16-21-9-3-2-8-20(21)14-26/h2-13,15H,16-17H2,1H3/b27-15-. The highest BCUT2D eigenvalue weighted by Crippen LogP contribution is 2.26. The van der Waals surface area contributed by atoms with E-state index in [-0.39, 0.29) is 12.3 Å². The highest BCUT2D eigenvalue weighted by molar-refractivity contribution is 6.01. The van der Waals surface area contributed by atoms with E-state index in [2.05, 4.69) is 15.8 Å². The van der Waals surface area contributed by atoms with Gasteiger partial charge in [0.1, 0.15) is 6.61 Å². The van der Waals surface area contributed by atoms with Crippen molar-refractivity contribution in [1.82, 2.24) is 4.57 Å². The van der Waals surface area contributed by atoms with Crippen molar-refractivity contribution in [2.45, 2.75) is 20.1 Å². The minimum atomic E-state index is -0.435. The maximum absolute atomic E-state index is 10.9. The van der Waals surface area contributed by atoms with Crippen LogP contribution in [0.1, 0.15) is 27.9 Å². The zero-order valence-electron chi connectivity index (χ0n) is 17.4. The first-order chi connectivity index (χ1) is 15.6. The summed E-state index contributed by atoms with van der Waals surface area (Å²) in [5, 5.41) is 25.5. The molecule has 158 valence electrons. The number of nitriles is 1. The number of oxime groups is 1. The molecule has 7 nitrogen and oxygen atoms in total. The molecule has 32 heavy (non-hydrogen) atoms. The van der Waals surface area contributed by atoms with Gasteiger partial charge in [0.25, 0.3) is 5.69 Å². The van der Waals surface area contributed by atoms with E-state index in [0.717, 1.165) is 27.7 Å². The number of fused-ring (bicyclic) bond motifs is 1. The van der Waals surface area contributed by atoms with Crippen LogP contribution in [0.3, 0.4) is 0 Å².